The monoisotopic (exact) mass is 284 g/mol. The van der Waals surface area contributed by atoms with Crippen LogP contribution in [0.3, 0.4) is 0 Å². The second-order valence-electron chi connectivity index (χ2n) is 5.85. The van der Waals surface area contributed by atoms with E-state index in [2.05, 4.69) is 20.8 Å². The van der Waals surface area contributed by atoms with Gasteiger partial charge in [-0.3, -0.25) is 0 Å². The van der Waals surface area contributed by atoms with Gasteiger partial charge in [-0.05, 0) is 30.6 Å². The maximum Gasteiger partial charge on any atom is 0.232 e. The molecule has 0 saturated heterocycles. The molecule has 104 valence electrons. The minimum Gasteiger partial charge on any atom is -0.381 e. The quantitative estimate of drug-likeness (QED) is 0.507. The minimum atomic E-state index is -3.34. The molecular weight excluding hydrogens is 260 g/mol. The van der Waals surface area contributed by atoms with E-state index in [0.29, 0.717) is 24.4 Å². The van der Waals surface area contributed by atoms with Crippen LogP contribution < -0.4 is 0 Å². The normalized spacial score (nSPS) is 14.9. The lowest BCUT2D eigenvalue weighted by Gasteiger charge is -2.18. The molecule has 0 fully saturated rings. The molecule has 0 amide bonds. The van der Waals surface area contributed by atoms with Crippen molar-refractivity contribution >= 4 is 19.7 Å². The second-order valence-corrected chi connectivity index (χ2v) is 8.75. The molecule has 0 bridgehead atoms. The molecule has 0 N–H and O–H groups in total. The van der Waals surface area contributed by atoms with Crippen molar-refractivity contribution in [1.82, 2.24) is 0 Å². The molecule has 0 saturated carbocycles. The van der Waals surface area contributed by atoms with Gasteiger partial charge in [0.25, 0.3) is 0 Å². The molecule has 0 radical (unpaired) electrons. The molecule has 0 rings (SSSR count). The Bertz CT molecular complexity index is 293. The number of hydrogen-bond acceptors (Lipinski definition) is 3. The molecule has 0 aromatic carbocycles. The van der Waals surface area contributed by atoms with Gasteiger partial charge in [0.05, 0.1) is 5.75 Å². The summed E-state index contributed by atoms with van der Waals surface area (Å²) in [7, 11) is 1.81. The topological polar surface area (TPSA) is 43.4 Å². The third kappa shape index (κ3) is 14.1. The molecule has 0 spiro atoms. The number of ether oxygens (including phenoxy) is 1. The summed E-state index contributed by atoms with van der Waals surface area (Å²) < 4.78 is 27.0. The molecule has 17 heavy (non-hydrogen) atoms. The summed E-state index contributed by atoms with van der Waals surface area (Å²) in [5.41, 5.74) is 0.304. The first-order chi connectivity index (χ1) is 7.60. The maximum atomic E-state index is 10.8. The predicted octanol–water partition coefficient (Wildman–Crippen LogP) is 3.42. The van der Waals surface area contributed by atoms with Gasteiger partial charge in [0.1, 0.15) is 0 Å². The number of hydrogen-bond donors (Lipinski definition) is 0. The molecule has 1 atom stereocenters. The Morgan fingerprint density at radius 2 is 1.76 bits per heavy atom. The van der Waals surface area contributed by atoms with E-state index in [1.54, 1.807) is 0 Å². The van der Waals surface area contributed by atoms with E-state index in [0.717, 1.165) is 19.4 Å². The van der Waals surface area contributed by atoms with Gasteiger partial charge in [0.2, 0.25) is 9.05 Å². The predicted molar refractivity (Wildman–Crippen MR) is 72.9 cm³/mol. The van der Waals surface area contributed by atoms with Gasteiger partial charge in [0, 0.05) is 23.9 Å². The van der Waals surface area contributed by atoms with Crippen molar-refractivity contribution in [3.8, 4) is 0 Å². The highest BCUT2D eigenvalue weighted by Crippen LogP contribution is 2.18. The Morgan fingerprint density at radius 1 is 1.18 bits per heavy atom. The van der Waals surface area contributed by atoms with Crippen LogP contribution >= 0.6 is 10.7 Å². The fraction of sp³-hybridized carbons (Fsp3) is 1.00. The Morgan fingerprint density at radius 3 is 2.24 bits per heavy atom. The molecule has 0 aromatic rings. The average molecular weight is 285 g/mol. The van der Waals surface area contributed by atoms with Gasteiger partial charge >= 0.3 is 0 Å². The lowest BCUT2D eigenvalue weighted by Crippen LogP contribution is -2.11. The SMILES string of the molecule is CC(CCOCCC(C)(C)C)CCS(=O)(=O)Cl. The van der Waals surface area contributed by atoms with Crippen LogP contribution in [0.2, 0.25) is 0 Å². The van der Waals surface area contributed by atoms with Crippen molar-refractivity contribution in [2.45, 2.75) is 47.0 Å². The summed E-state index contributed by atoms with van der Waals surface area (Å²) in [6.07, 6.45) is 2.53. The Balaban J connectivity index is 3.49. The minimum absolute atomic E-state index is 0.0533. The summed E-state index contributed by atoms with van der Waals surface area (Å²) in [5, 5.41) is 0. The molecule has 1 unspecified atom stereocenters. The van der Waals surface area contributed by atoms with Gasteiger partial charge in [-0.15, -0.1) is 0 Å². The summed E-state index contributed by atoms with van der Waals surface area (Å²) >= 11 is 0. The van der Waals surface area contributed by atoms with E-state index in [4.69, 9.17) is 15.4 Å². The van der Waals surface area contributed by atoms with E-state index in [-0.39, 0.29) is 5.75 Å². The Hall–Kier alpha value is 0.200. The first-order valence-corrected chi connectivity index (χ1v) is 8.58. The largest absolute Gasteiger partial charge is 0.381 e. The maximum absolute atomic E-state index is 10.8. The van der Waals surface area contributed by atoms with Crippen molar-refractivity contribution < 1.29 is 13.2 Å². The summed E-state index contributed by atoms with van der Waals surface area (Å²) in [5.74, 6) is 0.385. The van der Waals surface area contributed by atoms with Crippen molar-refractivity contribution in [1.29, 1.82) is 0 Å². The van der Waals surface area contributed by atoms with Gasteiger partial charge in [0.15, 0.2) is 0 Å². The third-order valence-corrected chi connectivity index (χ3v) is 3.79. The van der Waals surface area contributed by atoms with Crippen molar-refractivity contribution in [2.75, 3.05) is 19.0 Å². The van der Waals surface area contributed by atoms with E-state index in [1.807, 2.05) is 6.92 Å². The van der Waals surface area contributed by atoms with Gasteiger partial charge < -0.3 is 4.74 Å². The van der Waals surface area contributed by atoms with Crippen LogP contribution in [-0.4, -0.2) is 27.4 Å². The smallest absolute Gasteiger partial charge is 0.232 e. The molecule has 0 aliphatic carbocycles. The highest BCUT2D eigenvalue weighted by atomic mass is 35.7. The van der Waals surface area contributed by atoms with Gasteiger partial charge in [-0.25, -0.2) is 8.42 Å². The second kappa shape index (κ2) is 7.59. The highest BCUT2D eigenvalue weighted by Gasteiger charge is 2.11. The lowest BCUT2D eigenvalue weighted by atomic mass is 9.93. The zero-order valence-corrected chi connectivity index (χ0v) is 12.9. The average Bonchev–Trinajstić information content (AvgIpc) is 2.11. The third-order valence-electron chi connectivity index (χ3n) is 2.61. The Labute approximate surface area is 110 Å². The fourth-order valence-corrected chi connectivity index (χ4v) is 2.20. The number of rotatable bonds is 8. The van der Waals surface area contributed by atoms with Crippen LogP contribution in [0.5, 0.6) is 0 Å². The molecule has 0 heterocycles. The van der Waals surface area contributed by atoms with E-state index >= 15 is 0 Å². The van der Waals surface area contributed by atoms with Crippen LogP contribution in [-0.2, 0) is 13.8 Å². The van der Waals surface area contributed by atoms with Crippen molar-refractivity contribution in [3.63, 3.8) is 0 Å². The summed E-state index contributed by atoms with van der Waals surface area (Å²) in [6.45, 7) is 10.0. The van der Waals surface area contributed by atoms with Crippen LogP contribution in [0.15, 0.2) is 0 Å². The van der Waals surface area contributed by atoms with Crippen molar-refractivity contribution in [3.05, 3.63) is 0 Å². The van der Waals surface area contributed by atoms with Crippen LogP contribution in [0.25, 0.3) is 0 Å². The molecule has 5 heteroatoms. The summed E-state index contributed by atoms with van der Waals surface area (Å²) in [6, 6.07) is 0. The summed E-state index contributed by atoms with van der Waals surface area (Å²) in [4.78, 5) is 0. The van der Waals surface area contributed by atoms with Crippen LogP contribution in [0.1, 0.15) is 47.0 Å². The lowest BCUT2D eigenvalue weighted by molar-refractivity contribution is 0.0982. The Kier molecular flexibility index (Phi) is 7.68. The molecular formula is C12H25ClO3S. The zero-order chi connectivity index (χ0) is 13.5. The zero-order valence-electron chi connectivity index (χ0n) is 11.3. The first-order valence-electron chi connectivity index (χ1n) is 6.10. The van der Waals surface area contributed by atoms with E-state index in [9.17, 15) is 8.42 Å². The van der Waals surface area contributed by atoms with Crippen LogP contribution in [0, 0.1) is 11.3 Å². The molecule has 0 aliphatic rings. The van der Waals surface area contributed by atoms with Crippen molar-refractivity contribution in [2.24, 2.45) is 11.3 Å². The highest BCUT2D eigenvalue weighted by molar-refractivity contribution is 8.13. The van der Waals surface area contributed by atoms with Crippen LogP contribution in [0.4, 0.5) is 0 Å². The first kappa shape index (κ1) is 17.2. The van der Waals surface area contributed by atoms with E-state index < -0.39 is 9.05 Å². The van der Waals surface area contributed by atoms with Gasteiger partial charge in [-0.2, -0.15) is 0 Å². The standard InChI is InChI=1S/C12H25ClO3S/c1-11(6-10-17(13,14)15)5-8-16-9-7-12(2,3)4/h11H,5-10H2,1-4H3. The molecule has 3 nitrogen and oxygen atoms in total. The molecule has 0 aromatic heterocycles. The van der Waals surface area contributed by atoms with E-state index in [1.165, 1.54) is 0 Å². The fourth-order valence-electron chi connectivity index (χ4n) is 1.25. The van der Waals surface area contributed by atoms with Gasteiger partial charge in [-0.1, -0.05) is 27.7 Å². The number of halogens is 1. The molecule has 0 aliphatic heterocycles.